The second-order valence-corrected chi connectivity index (χ2v) is 14.0. The minimum absolute atomic E-state index is 0.127. The third kappa shape index (κ3) is 3.33. The summed E-state index contributed by atoms with van der Waals surface area (Å²) in [4.78, 5) is 0. The third-order valence-corrected chi connectivity index (χ3v) is 11.9. The predicted octanol–water partition coefficient (Wildman–Crippen LogP) is 7.28. The number of nitrogens with two attached hydrogens (primary N) is 1. The largest absolute Gasteiger partial charge is 0.396 e. The summed E-state index contributed by atoms with van der Waals surface area (Å²) in [5.74, 6) is 1.85. The number of aliphatic hydroxyl groups is 1. The van der Waals surface area contributed by atoms with Gasteiger partial charge in [0.15, 0.2) is 0 Å². The molecule has 3 fully saturated rings. The zero-order valence-electron chi connectivity index (χ0n) is 22.0. The summed E-state index contributed by atoms with van der Waals surface area (Å²) in [6.45, 7) is 20.6. The van der Waals surface area contributed by atoms with Crippen molar-refractivity contribution < 1.29 is 5.11 Å². The van der Waals surface area contributed by atoms with Crippen LogP contribution in [-0.4, -0.2) is 18.3 Å². The fourth-order valence-corrected chi connectivity index (χ4v) is 9.64. The number of rotatable bonds is 5. The maximum Gasteiger partial charge on any atom is 0.0493 e. The molecule has 0 heterocycles. The van der Waals surface area contributed by atoms with Crippen LogP contribution in [0.1, 0.15) is 106 Å². The lowest BCUT2D eigenvalue weighted by Crippen LogP contribution is -2.61. The molecule has 4 aliphatic carbocycles. The molecule has 0 amide bonds. The topological polar surface area (TPSA) is 46.2 Å². The van der Waals surface area contributed by atoms with Crippen molar-refractivity contribution >= 4 is 0 Å². The summed E-state index contributed by atoms with van der Waals surface area (Å²) in [6.07, 6.45) is 15.0. The fraction of sp³-hybridized carbons (Fsp3) is 0.867. The summed E-state index contributed by atoms with van der Waals surface area (Å²) >= 11 is 0. The van der Waals surface area contributed by atoms with Crippen molar-refractivity contribution in [2.24, 2.45) is 50.6 Å². The molecule has 3 N–H and O–H groups in total. The maximum atomic E-state index is 10.6. The monoisotopic (exact) mass is 441 g/mol. The molecule has 0 radical (unpaired) electrons. The molecule has 0 aromatic carbocycles. The highest BCUT2D eigenvalue weighted by Crippen LogP contribution is 2.74. The van der Waals surface area contributed by atoms with E-state index in [0.29, 0.717) is 35.2 Å². The molecule has 182 valence electrons. The van der Waals surface area contributed by atoms with Crippen molar-refractivity contribution in [2.45, 2.75) is 106 Å². The Balaban J connectivity index is 1.79. The van der Waals surface area contributed by atoms with Gasteiger partial charge in [-0.05, 0) is 117 Å². The molecule has 0 unspecified atom stereocenters. The molecular formula is C30H51NO. The molecule has 0 aromatic heterocycles. The first kappa shape index (κ1) is 24.5. The Morgan fingerprint density at radius 1 is 1.09 bits per heavy atom. The molecule has 0 saturated heterocycles. The SMILES string of the molecule is C=C(C)[C@@H]1CC[C@]2(C)[C@H](CC=C3[C@@H]4CC(C)(C)CC[C@]4(CO)CC[C@]32C)[C@@]1(C)CCCN. The quantitative estimate of drug-likeness (QED) is 0.440. The number of hydrogen-bond acceptors (Lipinski definition) is 2. The summed E-state index contributed by atoms with van der Waals surface area (Å²) in [5, 5.41) is 10.6. The highest BCUT2D eigenvalue weighted by atomic mass is 16.3. The van der Waals surface area contributed by atoms with Crippen LogP contribution in [0.4, 0.5) is 0 Å². The second kappa shape index (κ2) is 7.98. The van der Waals surface area contributed by atoms with E-state index < -0.39 is 0 Å². The molecule has 7 atom stereocenters. The first-order valence-corrected chi connectivity index (χ1v) is 13.6. The van der Waals surface area contributed by atoms with Gasteiger partial charge in [-0.1, -0.05) is 58.4 Å². The van der Waals surface area contributed by atoms with Crippen molar-refractivity contribution in [1.29, 1.82) is 0 Å². The zero-order chi connectivity index (χ0) is 23.6. The minimum Gasteiger partial charge on any atom is -0.396 e. The fourth-order valence-electron chi connectivity index (χ4n) is 9.64. The summed E-state index contributed by atoms with van der Waals surface area (Å²) in [7, 11) is 0. The molecule has 32 heavy (non-hydrogen) atoms. The lowest BCUT2D eigenvalue weighted by Gasteiger charge is -2.69. The van der Waals surface area contributed by atoms with Crippen LogP contribution in [0.15, 0.2) is 23.8 Å². The zero-order valence-corrected chi connectivity index (χ0v) is 22.0. The highest BCUT2D eigenvalue weighted by molar-refractivity contribution is 5.34. The lowest BCUT2D eigenvalue weighted by molar-refractivity contribution is -0.148. The first-order valence-electron chi connectivity index (χ1n) is 13.6. The van der Waals surface area contributed by atoms with E-state index in [1.165, 1.54) is 63.4 Å². The van der Waals surface area contributed by atoms with E-state index in [1.807, 2.05) is 0 Å². The second-order valence-electron chi connectivity index (χ2n) is 14.0. The van der Waals surface area contributed by atoms with Crippen LogP contribution in [0, 0.1) is 44.8 Å². The van der Waals surface area contributed by atoms with Gasteiger partial charge in [0.2, 0.25) is 0 Å². The van der Waals surface area contributed by atoms with Crippen molar-refractivity contribution in [3.8, 4) is 0 Å². The highest BCUT2D eigenvalue weighted by Gasteiger charge is 2.65. The standard InChI is InChI=1S/C30H51NO/c1-21(2)22-11-13-29(7)25(27(22,5)12-8-18-31)10-9-23-24-19-26(3,4)14-16-30(24,20-32)17-15-28(23,29)6/h9,22,24-25,32H,1,8,10-20,31H2,2-7H3/t22-,24-,25+,27-,28+,29+,30+/m0/s1. The molecule has 2 nitrogen and oxygen atoms in total. The van der Waals surface area contributed by atoms with Crippen LogP contribution >= 0.6 is 0 Å². The van der Waals surface area contributed by atoms with Gasteiger partial charge in [0.1, 0.15) is 0 Å². The number of hydrogen-bond donors (Lipinski definition) is 2. The van der Waals surface area contributed by atoms with Crippen LogP contribution < -0.4 is 5.73 Å². The van der Waals surface area contributed by atoms with Crippen LogP contribution in [-0.2, 0) is 0 Å². The Bertz CT molecular complexity index is 782. The van der Waals surface area contributed by atoms with Gasteiger partial charge < -0.3 is 10.8 Å². The molecule has 4 aliphatic rings. The van der Waals surface area contributed by atoms with Gasteiger partial charge in [0.05, 0.1) is 0 Å². The van der Waals surface area contributed by atoms with Crippen LogP contribution in [0.3, 0.4) is 0 Å². The van der Waals surface area contributed by atoms with Crippen LogP contribution in [0.2, 0.25) is 0 Å². The van der Waals surface area contributed by atoms with E-state index >= 15 is 0 Å². The number of fused-ring (bicyclic) bond motifs is 5. The van der Waals surface area contributed by atoms with Gasteiger partial charge in [-0.3, -0.25) is 0 Å². The molecule has 4 rings (SSSR count). The Labute approximate surface area is 198 Å². The van der Waals surface area contributed by atoms with E-state index in [1.54, 1.807) is 5.57 Å². The average Bonchev–Trinajstić information content (AvgIpc) is 2.72. The Morgan fingerprint density at radius 2 is 1.78 bits per heavy atom. The maximum absolute atomic E-state index is 10.6. The van der Waals surface area contributed by atoms with Gasteiger partial charge in [0.25, 0.3) is 0 Å². The van der Waals surface area contributed by atoms with Gasteiger partial charge in [0, 0.05) is 12.0 Å². The third-order valence-electron chi connectivity index (χ3n) is 11.9. The summed E-state index contributed by atoms with van der Waals surface area (Å²) in [5.41, 5.74) is 10.5. The first-order chi connectivity index (χ1) is 14.9. The smallest absolute Gasteiger partial charge is 0.0493 e. The summed E-state index contributed by atoms with van der Waals surface area (Å²) in [6, 6.07) is 0. The Kier molecular flexibility index (Phi) is 6.11. The van der Waals surface area contributed by atoms with Crippen LogP contribution in [0.25, 0.3) is 0 Å². The van der Waals surface area contributed by atoms with E-state index in [4.69, 9.17) is 5.73 Å². The van der Waals surface area contributed by atoms with Gasteiger partial charge in [-0.25, -0.2) is 0 Å². The van der Waals surface area contributed by atoms with Crippen molar-refractivity contribution in [3.05, 3.63) is 23.8 Å². The van der Waals surface area contributed by atoms with E-state index in [0.717, 1.165) is 13.0 Å². The van der Waals surface area contributed by atoms with Crippen molar-refractivity contribution in [2.75, 3.05) is 13.2 Å². The van der Waals surface area contributed by atoms with Crippen molar-refractivity contribution in [1.82, 2.24) is 0 Å². The average molecular weight is 442 g/mol. The lowest BCUT2D eigenvalue weighted by atomic mass is 9.35. The number of aliphatic hydroxyl groups excluding tert-OH is 1. The predicted molar refractivity (Wildman–Crippen MR) is 136 cm³/mol. The van der Waals surface area contributed by atoms with E-state index in [2.05, 4.69) is 54.2 Å². The molecule has 0 bridgehead atoms. The van der Waals surface area contributed by atoms with E-state index in [9.17, 15) is 5.11 Å². The minimum atomic E-state index is 0.127. The molecule has 0 spiro atoms. The molecular weight excluding hydrogens is 390 g/mol. The molecule has 0 aliphatic heterocycles. The molecule has 0 aromatic rings. The molecule has 2 heteroatoms. The van der Waals surface area contributed by atoms with E-state index in [-0.39, 0.29) is 16.2 Å². The Hall–Kier alpha value is -0.600. The van der Waals surface area contributed by atoms with Gasteiger partial charge >= 0.3 is 0 Å². The van der Waals surface area contributed by atoms with Crippen molar-refractivity contribution in [3.63, 3.8) is 0 Å². The normalized spacial score (nSPS) is 47.6. The Morgan fingerprint density at radius 3 is 2.41 bits per heavy atom. The van der Waals surface area contributed by atoms with Crippen LogP contribution in [0.5, 0.6) is 0 Å². The molecule has 3 saturated carbocycles. The number of allylic oxidation sites excluding steroid dienone is 3. The summed E-state index contributed by atoms with van der Waals surface area (Å²) < 4.78 is 0. The van der Waals surface area contributed by atoms with Gasteiger partial charge in [-0.2, -0.15) is 0 Å². The van der Waals surface area contributed by atoms with Gasteiger partial charge in [-0.15, -0.1) is 0 Å².